The van der Waals surface area contributed by atoms with Gasteiger partial charge in [0, 0.05) is 12.8 Å². The number of rotatable bonds is 8. The van der Waals surface area contributed by atoms with Gasteiger partial charge in [0.2, 0.25) is 0 Å². The topological polar surface area (TPSA) is 113 Å². The first-order valence-corrected chi connectivity index (χ1v) is 8.37. The van der Waals surface area contributed by atoms with E-state index in [4.69, 9.17) is 5.11 Å². The van der Waals surface area contributed by atoms with Gasteiger partial charge in [-0.05, 0) is 20.3 Å². The van der Waals surface area contributed by atoms with Crippen LogP contribution >= 0.6 is 0 Å². The Kier molecular flexibility index (Phi) is 6.98. The van der Waals surface area contributed by atoms with E-state index in [0.29, 0.717) is 12.8 Å². The van der Waals surface area contributed by atoms with Crippen molar-refractivity contribution in [3.8, 4) is 0 Å². The Hall–Kier alpha value is -1.31. The van der Waals surface area contributed by atoms with Gasteiger partial charge >= 0.3 is 12.0 Å². The van der Waals surface area contributed by atoms with Crippen molar-refractivity contribution < 1.29 is 23.1 Å². The molecule has 3 N–H and O–H groups in total. The molecule has 0 aromatic heterocycles. The van der Waals surface area contributed by atoms with E-state index < -0.39 is 32.6 Å². The Morgan fingerprint density at radius 1 is 1.30 bits per heavy atom. The van der Waals surface area contributed by atoms with Gasteiger partial charge in [0.25, 0.3) is 0 Å². The molecule has 0 heterocycles. The fourth-order valence-corrected chi connectivity index (χ4v) is 1.63. The lowest BCUT2D eigenvalue weighted by Gasteiger charge is -2.23. The molecule has 0 saturated heterocycles. The first-order valence-electron chi connectivity index (χ1n) is 6.48. The van der Waals surface area contributed by atoms with E-state index in [1.165, 1.54) is 13.8 Å². The molecule has 0 aliphatic rings. The van der Waals surface area contributed by atoms with Crippen LogP contribution in [-0.2, 0) is 14.6 Å². The number of carbonyl (C=O) groups excluding carboxylic acids is 1. The zero-order valence-electron chi connectivity index (χ0n) is 12.4. The largest absolute Gasteiger partial charge is 0.480 e. The number of hydrogen-bond acceptors (Lipinski definition) is 4. The molecule has 0 saturated carbocycles. The zero-order chi connectivity index (χ0) is 16.0. The molecule has 0 rings (SSSR count). The lowest BCUT2D eigenvalue weighted by molar-refractivity contribution is -0.139. The standard InChI is InChI=1S/C12H24N2O5S/c1-5-6-7-9(10(15)16)14-11(17)13-8-12(2,3)20(4,18)19/h9H,5-8H2,1-4H3,(H,15,16)(H2,13,14,17). The van der Waals surface area contributed by atoms with Crippen molar-refractivity contribution in [2.75, 3.05) is 12.8 Å². The van der Waals surface area contributed by atoms with Crippen LogP contribution in [0, 0.1) is 0 Å². The molecule has 0 fully saturated rings. The lowest BCUT2D eigenvalue weighted by atomic mass is 10.1. The van der Waals surface area contributed by atoms with E-state index in [1.54, 1.807) is 0 Å². The third kappa shape index (κ3) is 6.23. The summed E-state index contributed by atoms with van der Waals surface area (Å²) in [5.41, 5.74) is 0. The maximum atomic E-state index is 11.6. The molecule has 0 spiro atoms. The highest BCUT2D eigenvalue weighted by molar-refractivity contribution is 7.92. The Morgan fingerprint density at radius 2 is 1.85 bits per heavy atom. The Labute approximate surface area is 120 Å². The first-order chi connectivity index (χ1) is 9.01. The Morgan fingerprint density at radius 3 is 2.25 bits per heavy atom. The Bertz CT molecular complexity index is 445. The minimum absolute atomic E-state index is 0.0855. The summed E-state index contributed by atoms with van der Waals surface area (Å²) in [7, 11) is -3.32. The normalized spacial score (nSPS) is 13.6. The van der Waals surface area contributed by atoms with Crippen LogP contribution in [0.2, 0.25) is 0 Å². The number of carbonyl (C=O) groups is 2. The first kappa shape index (κ1) is 18.7. The molecule has 2 amide bonds. The molecular weight excluding hydrogens is 284 g/mol. The van der Waals surface area contributed by atoms with Gasteiger partial charge in [-0.1, -0.05) is 19.8 Å². The quantitative estimate of drug-likeness (QED) is 0.612. The molecule has 1 unspecified atom stereocenters. The van der Waals surface area contributed by atoms with E-state index in [1.807, 2.05) is 6.92 Å². The van der Waals surface area contributed by atoms with Crippen LogP contribution < -0.4 is 10.6 Å². The van der Waals surface area contributed by atoms with Gasteiger partial charge < -0.3 is 15.7 Å². The maximum Gasteiger partial charge on any atom is 0.326 e. The van der Waals surface area contributed by atoms with E-state index in [9.17, 15) is 18.0 Å². The van der Waals surface area contributed by atoms with Crippen molar-refractivity contribution in [3.05, 3.63) is 0 Å². The summed E-state index contributed by atoms with van der Waals surface area (Å²) in [6.07, 6.45) is 2.95. The second kappa shape index (κ2) is 7.47. The molecule has 118 valence electrons. The van der Waals surface area contributed by atoms with Crippen LogP contribution in [0.4, 0.5) is 4.79 Å². The fourth-order valence-electron chi connectivity index (χ4n) is 1.30. The van der Waals surface area contributed by atoms with E-state index in [-0.39, 0.29) is 6.54 Å². The van der Waals surface area contributed by atoms with Gasteiger partial charge in [-0.25, -0.2) is 18.0 Å². The number of urea groups is 1. The van der Waals surface area contributed by atoms with Gasteiger partial charge in [-0.15, -0.1) is 0 Å². The molecule has 0 aromatic rings. The average molecular weight is 308 g/mol. The van der Waals surface area contributed by atoms with Crippen LogP contribution in [-0.4, -0.2) is 49.1 Å². The molecule has 0 bridgehead atoms. The van der Waals surface area contributed by atoms with Crippen LogP contribution in [0.25, 0.3) is 0 Å². The summed E-state index contributed by atoms with van der Waals surface area (Å²) in [4.78, 5) is 22.6. The number of aliphatic carboxylic acids is 1. The van der Waals surface area contributed by atoms with Gasteiger partial charge in [0.15, 0.2) is 9.84 Å². The number of amides is 2. The molecule has 8 heteroatoms. The van der Waals surface area contributed by atoms with Crippen molar-refractivity contribution >= 4 is 21.8 Å². The fraction of sp³-hybridized carbons (Fsp3) is 0.833. The van der Waals surface area contributed by atoms with Gasteiger partial charge in [0.1, 0.15) is 6.04 Å². The Balaban J connectivity index is 4.45. The molecule has 0 aliphatic carbocycles. The number of sulfone groups is 1. The third-order valence-electron chi connectivity index (χ3n) is 3.13. The summed E-state index contributed by atoms with van der Waals surface area (Å²) in [6, 6.07) is -1.64. The highest BCUT2D eigenvalue weighted by Gasteiger charge is 2.31. The van der Waals surface area contributed by atoms with Crippen molar-refractivity contribution in [2.24, 2.45) is 0 Å². The highest BCUT2D eigenvalue weighted by Crippen LogP contribution is 2.13. The van der Waals surface area contributed by atoms with Crippen LogP contribution in [0.3, 0.4) is 0 Å². The smallest absolute Gasteiger partial charge is 0.326 e. The van der Waals surface area contributed by atoms with E-state index in [2.05, 4.69) is 10.6 Å². The summed E-state index contributed by atoms with van der Waals surface area (Å²) in [6.45, 7) is 4.83. The van der Waals surface area contributed by atoms with Crippen LogP contribution in [0.15, 0.2) is 0 Å². The molecule has 0 aliphatic heterocycles. The van der Waals surface area contributed by atoms with Crippen LogP contribution in [0.1, 0.15) is 40.0 Å². The third-order valence-corrected chi connectivity index (χ3v) is 5.28. The van der Waals surface area contributed by atoms with E-state index >= 15 is 0 Å². The average Bonchev–Trinajstić information content (AvgIpc) is 2.30. The minimum Gasteiger partial charge on any atom is -0.480 e. The molecule has 1 atom stereocenters. The molecule has 0 aromatic carbocycles. The lowest BCUT2D eigenvalue weighted by Crippen LogP contribution is -2.50. The highest BCUT2D eigenvalue weighted by atomic mass is 32.2. The van der Waals surface area contributed by atoms with Crippen molar-refractivity contribution in [2.45, 2.75) is 50.8 Å². The predicted octanol–water partition coefficient (Wildman–Crippen LogP) is 0.752. The second-order valence-electron chi connectivity index (χ2n) is 5.39. The zero-order valence-corrected chi connectivity index (χ0v) is 13.2. The van der Waals surface area contributed by atoms with Gasteiger partial charge in [0.05, 0.1) is 4.75 Å². The molecular formula is C12H24N2O5S. The van der Waals surface area contributed by atoms with Crippen molar-refractivity contribution in [3.63, 3.8) is 0 Å². The number of carboxylic acids is 1. The number of hydrogen-bond donors (Lipinski definition) is 3. The maximum absolute atomic E-state index is 11.6. The van der Waals surface area contributed by atoms with Gasteiger partial charge in [-0.2, -0.15) is 0 Å². The molecule has 0 radical (unpaired) electrons. The number of nitrogens with one attached hydrogen (secondary N) is 2. The molecule has 20 heavy (non-hydrogen) atoms. The van der Waals surface area contributed by atoms with Gasteiger partial charge in [-0.3, -0.25) is 0 Å². The second-order valence-corrected chi connectivity index (χ2v) is 8.04. The summed E-state index contributed by atoms with van der Waals surface area (Å²) in [5.74, 6) is -1.10. The predicted molar refractivity (Wildman–Crippen MR) is 76.4 cm³/mol. The van der Waals surface area contributed by atoms with E-state index in [0.717, 1.165) is 12.7 Å². The SMILES string of the molecule is CCCCC(NC(=O)NCC(C)(C)S(C)(=O)=O)C(=O)O. The monoisotopic (exact) mass is 308 g/mol. The summed E-state index contributed by atoms with van der Waals surface area (Å²) in [5, 5.41) is 13.7. The summed E-state index contributed by atoms with van der Waals surface area (Å²) < 4.78 is 21.8. The van der Waals surface area contributed by atoms with Crippen molar-refractivity contribution in [1.82, 2.24) is 10.6 Å². The summed E-state index contributed by atoms with van der Waals surface area (Å²) >= 11 is 0. The number of unbranched alkanes of at least 4 members (excludes halogenated alkanes) is 1. The van der Waals surface area contributed by atoms with Crippen LogP contribution in [0.5, 0.6) is 0 Å². The molecule has 7 nitrogen and oxygen atoms in total. The minimum atomic E-state index is -3.32. The van der Waals surface area contributed by atoms with Crippen molar-refractivity contribution in [1.29, 1.82) is 0 Å². The number of carboxylic acid groups (broad SMARTS) is 1.